The Morgan fingerprint density at radius 3 is 2.84 bits per heavy atom. The average Bonchev–Trinajstić information content (AvgIpc) is 3.36. The number of aromatic nitrogens is 2. The first kappa shape index (κ1) is 20.9. The predicted molar refractivity (Wildman–Crippen MR) is 113 cm³/mol. The zero-order valence-electron chi connectivity index (χ0n) is 18.0. The Morgan fingerprint density at radius 2 is 2.16 bits per heavy atom. The highest BCUT2D eigenvalue weighted by atomic mass is 16.5. The molecule has 2 atom stereocenters. The lowest BCUT2D eigenvalue weighted by atomic mass is 9.81. The molecule has 0 saturated carbocycles. The second-order valence-electron chi connectivity index (χ2n) is 8.40. The number of amides is 3. The minimum atomic E-state index is -0.829. The molecule has 2 aliphatic rings. The van der Waals surface area contributed by atoms with Crippen LogP contribution in [-0.2, 0) is 22.6 Å². The van der Waals surface area contributed by atoms with Gasteiger partial charge in [0.25, 0.3) is 5.91 Å². The summed E-state index contributed by atoms with van der Waals surface area (Å²) in [5.74, 6) is -0.394. The molecule has 3 heterocycles. The number of hydrogen-bond donors (Lipinski definition) is 1. The number of carbonyl (C=O) groups excluding carboxylic acids is 3. The van der Waals surface area contributed by atoms with Gasteiger partial charge in [-0.25, -0.2) is 0 Å². The summed E-state index contributed by atoms with van der Waals surface area (Å²) < 4.78 is 6.83. The third kappa shape index (κ3) is 3.87. The van der Waals surface area contributed by atoms with E-state index in [0.29, 0.717) is 24.2 Å². The largest absolute Gasteiger partial charge is 0.497 e. The zero-order valence-corrected chi connectivity index (χ0v) is 18.0. The van der Waals surface area contributed by atoms with Crippen molar-refractivity contribution in [2.75, 3.05) is 34.3 Å². The normalized spacial score (nSPS) is 22.6. The molecule has 1 aromatic carbocycles. The van der Waals surface area contributed by atoms with Crippen molar-refractivity contribution in [3.05, 3.63) is 47.8 Å². The molecule has 164 valence electrons. The Kier molecular flexibility index (Phi) is 5.43. The van der Waals surface area contributed by atoms with E-state index in [2.05, 4.69) is 10.4 Å². The molecule has 1 fully saturated rings. The van der Waals surface area contributed by atoms with Gasteiger partial charge in [0.15, 0.2) is 0 Å². The van der Waals surface area contributed by atoms with Crippen LogP contribution in [0.1, 0.15) is 22.3 Å². The van der Waals surface area contributed by atoms with E-state index < -0.39 is 11.5 Å². The zero-order chi connectivity index (χ0) is 22.2. The smallest absolute Gasteiger partial charge is 0.252 e. The van der Waals surface area contributed by atoms with Gasteiger partial charge >= 0.3 is 0 Å². The fourth-order valence-corrected chi connectivity index (χ4v) is 4.56. The molecule has 4 rings (SSSR count). The third-order valence-corrected chi connectivity index (χ3v) is 6.26. The molecule has 9 nitrogen and oxygen atoms in total. The van der Waals surface area contributed by atoms with Gasteiger partial charge in [0.05, 0.1) is 18.6 Å². The van der Waals surface area contributed by atoms with E-state index in [0.717, 1.165) is 5.56 Å². The Morgan fingerprint density at radius 1 is 1.35 bits per heavy atom. The second-order valence-corrected chi connectivity index (χ2v) is 8.40. The van der Waals surface area contributed by atoms with Crippen LogP contribution in [0.3, 0.4) is 0 Å². The van der Waals surface area contributed by atoms with Gasteiger partial charge in [-0.1, -0.05) is 6.07 Å². The summed E-state index contributed by atoms with van der Waals surface area (Å²) in [4.78, 5) is 42.4. The monoisotopic (exact) mass is 425 g/mol. The van der Waals surface area contributed by atoms with Crippen LogP contribution in [0.5, 0.6) is 5.75 Å². The van der Waals surface area contributed by atoms with Crippen molar-refractivity contribution in [3.8, 4) is 5.75 Å². The summed E-state index contributed by atoms with van der Waals surface area (Å²) in [6.07, 6.45) is 4.53. The summed E-state index contributed by atoms with van der Waals surface area (Å²) in [5, 5.41) is 7.23. The van der Waals surface area contributed by atoms with Crippen LogP contribution in [0.2, 0.25) is 0 Å². The highest BCUT2D eigenvalue weighted by molar-refractivity contribution is 5.98. The maximum atomic E-state index is 13.2. The van der Waals surface area contributed by atoms with Crippen molar-refractivity contribution in [1.29, 1.82) is 0 Å². The molecular formula is C22H27N5O4. The number of methoxy groups -OCH3 is 1. The van der Waals surface area contributed by atoms with Crippen molar-refractivity contribution >= 4 is 17.7 Å². The number of hydrogen-bond acceptors (Lipinski definition) is 5. The van der Waals surface area contributed by atoms with E-state index in [9.17, 15) is 14.4 Å². The molecule has 0 radical (unpaired) electrons. The molecule has 1 saturated heterocycles. The highest BCUT2D eigenvalue weighted by Crippen LogP contribution is 2.36. The van der Waals surface area contributed by atoms with Crippen LogP contribution in [0.15, 0.2) is 36.7 Å². The molecule has 1 spiro atoms. The number of likely N-dealkylation sites (tertiary alicyclic amines) is 1. The van der Waals surface area contributed by atoms with Crippen molar-refractivity contribution in [3.63, 3.8) is 0 Å². The summed E-state index contributed by atoms with van der Waals surface area (Å²) >= 11 is 0. The van der Waals surface area contributed by atoms with E-state index in [1.54, 1.807) is 55.3 Å². The van der Waals surface area contributed by atoms with Crippen LogP contribution in [0.4, 0.5) is 0 Å². The minimum Gasteiger partial charge on any atom is -0.497 e. The first-order valence-corrected chi connectivity index (χ1v) is 10.3. The maximum Gasteiger partial charge on any atom is 0.252 e. The van der Waals surface area contributed by atoms with Crippen molar-refractivity contribution < 1.29 is 19.1 Å². The Balaban J connectivity index is 1.64. The fourth-order valence-electron chi connectivity index (χ4n) is 4.56. The number of aryl methyl sites for hydroxylation is 1. The summed E-state index contributed by atoms with van der Waals surface area (Å²) in [5.41, 5.74) is 0.630. The van der Waals surface area contributed by atoms with Crippen LogP contribution < -0.4 is 10.1 Å². The number of nitrogens with zero attached hydrogens (tertiary/aromatic N) is 4. The maximum absolute atomic E-state index is 13.2. The van der Waals surface area contributed by atoms with E-state index in [-0.39, 0.29) is 37.4 Å². The van der Waals surface area contributed by atoms with Gasteiger partial charge in [0.1, 0.15) is 12.3 Å². The quantitative estimate of drug-likeness (QED) is 0.772. The molecular weight excluding hydrogens is 398 g/mol. The topological polar surface area (TPSA) is 96.8 Å². The van der Waals surface area contributed by atoms with Gasteiger partial charge in [-0.2, -0.15) is 5.10 Å². The van der Waals surface area contributed by atoms with Gasteiger partial charge in [-0.15, -0.1) is 0 Å². The molecule has 0 bridgehead atoms. The molecule has 0 aliphatic carbocycles. The lowest BCUT2D eigenvalue weighted by Gasteiger charge is -2.34. The standard InChI is InChI=1S/C22H27N5O4/c1-25(2)21(30)18-12-26(19(28)13-27-10-4-9-23-27)14-22(18)8-7-15-5-6-16(31-3)11-17(15)20(29)24-22/h4-6,9-11,18H,7-8,12-14H2,1-3H3,(H,24,29)/t18-,22+/m1/s1. The molecule has 0 unspecified atom stereocenters. The van der Waals surface area contributed by atoms with Gasteiger partial charge in [-0.3, -0.25) is 19.1 Å². The van der Waals surface area contributed by atoms with Gasteiger partial charge in [0.2, 0.25) is 11.8 Å². The molecule has 3 amide bonds. The van der Waals surface area contributed by atoms with E-state index in [1.165, 1.54) is 4.90 Å². The summed E-state index contributed by atoms with van der Waals surface area (Å²) in [6.45, 7) is 0.641. The Bertz CT molecular complexity index is 1000. The number of ether oxygens (including phenoxy) is 1. The van der Waals surface area contributed by atoms with E-state index >= 15 is 0 Å². The van der Waals surface area contributed by atoms with Crippen molar-refractivity contribution in [2.45, 2.75) is 24.9 Å². The molecule has 2 aromatic rings. The lowest BCUT2D eigenvalue weighted by molar-refractivity contribution is -0.134. The lowest BCUT2D eigenvalue weighted by Crippen LogP contribution is -2.57. The highest BCUT2D eigenvalue weighted by Gasteiger charge is 2.53. The van der Waals surface area contributed by atoms with Crippen LogP contribution in [-0.4, -0.2) is 77.1 Å². The van der Waals surface area contributed by atoms with Crippen LogP contribution >= 0.6 is 0 Å². The summed E-state index contributed by atoms with van der Waals surface area (Å²) in [6, 6.07) is 7.21. The van der Waals surface area contributed by atoms with Crippen LogP contribution in [0, 0.1) is 5.92 Å². The molecule has 1 aromatic heterocycles. The number of benzene rings is 1. The molecule has 9 heteroatoms. The first-order chi connectivity index (χ1) is 14.8. The molecule has 2 aliphatic heterocycles. The number of carbonyl (C=O) groups is 3. The van der Waals surface area contributed by atoms with E-state index in [4.69, 9.17) is 4.74 Å². The Labute approximate surface area is 180 Å². The van der Waals surface area contributed by atoms with Crippen molar-refractivity contribution in [2.24, 2.45) is 5.92 Å². The first-order valence-electron chi connectivity index (χ1n) is 10.3. The van der Waals surface area contributed by atoms with E-state index in [1.807, 2.05) is 12.1 Å². The summed E-state index contributed by atoms with van der Waals surface area (Å²) in [7, 11) is 4.95. The minimum absolute atomic E-state index is 0.0946. The van der Waals surface area contributed by atoms with Crippen LogP contribution in [0.25, 0.3) is 0 Å². The number of nitrogens with one attached hydrogen (secondary N) is 1. The Hall–Kier alpha value is -3.36. The third-order valence-electron chi connectivity index (χ3n) is 6.26. The molecule has 31 heavy (non-hydrogen) atoms. The predicted octanol–water partition coefficient (Wildman–Crippen LogP) is 0.553. The second kappa shape index (κ2) is 8.05. The van der Waals surface area contributed by atoms with Gasteiger partial charge in [0, 0.05) is 45.1 Å². The average molecular weight is 425 g/mol. The number of fused-ring (bicyclic) bond motifs is 1. The number of rotatable bonds is 4. The van der Waals surface area contributed by atoms with Crippen molar-refractivity contribution in [1.82, 2.24) is 24.9 Å². The SMILES string of the molecule is COc1ccc2c(c1)C(=O)N[C@@]1(CC2)CN(C(=O)Cn2cccn2)C[C@@H]1C(=O)N(C)C. The fraction of sp³-hybridized carbons (Fsp3) is 0.455. The van der Waals surface area contributed by atoms with Gasteiger partial charge in [-0.05, 0) is 36.6 Å². The van der Waals surface area contributed by atoms with Gasteiger partial charge < -0.3 is 19.9 Å². The molecule has 1 N–H and O–H groups in total.